The van der Waals surface area contributed by atoms with Gasteiger partial charge in [-0.05, 0) is 25.0 Å². The summed E-state index contributed by atoms with van der Waals surface area (Å²) in [6.45, 7) is 1.25. The van der Waals surface area contributed by atoms with E-state index >= 15 is 0 Å². The van der Waals surface area contributed by atoms with Gasteiger partial charge in [0, 0.05) is 26.0 Å². The van der Waals surface area contributed by atoms with E-state index in [1.807, 2.05) is 0 Å². The molecule has 0 radical (unpaired) electrons. The maximum atomic E-state index is 12.3. The average molecular weight is 379 g/mol. The van der Waals surface area contributed by atoms with Crippen LogP contribution in [0.3, 0.4) is 0 Å². The van der Waals surface area contributed by atoms with E-state index in [0.717, 1.165) is 19.4 Å². The number of nitrogens with zero attached hydrogens (tertiary/aromatic N) is 2. The second-order valence-electron chi connectivity index (χ2n) is 6.12. The number of nitrogens with one attached hydrogen (secondary N) is 1. The first-order valence-electron chi connectivity index (χ1n) is 8.50. The van der Waals surface area contributed by atoms with E-state index in [-0.39, 0.29) is 47.2 Å². The predicted molar refractivity (Wildman–Crippen MR) is 91.9 cm³/mol. The van der Waals surface area contributed by atoms with Crippen LogP contribution < -0.4 is 5.32 Å². The van der Waals surface area contributed by atoms with Gasteiger partial charge < -0.3 is 14.6 Å². The van der Waals surface area contributed by atoms with Crippen molar-refractivity contribution in [2.24, 2.45) is 0 Å². The zero-order valence-corrected chi connectivity index (χ0v) is 15.1. The maximum Gasteiger partial charge on any atom is 0.227 e. The minimum absolute atomic E-state index is 0.0867. The molecule has 2 heterocycles. The van der Waals surface area contributed by atoms with Crippen LogP contribution in [0.5, 0.6) is 0 Å². The van der Waals surface area contributed by atoms with E-state index in [1.165, 1.54) is 12.1 Å². The number of rotatable bonds is 8. The number of hydrogen-bond donors (Lipinski definition) is 1. The quantitative estimate of drug-likeness (QED) is 0.735. The fourth-order valence-electron chi connectivity index (χ4n) is 2.67. The lowest BCUT2D eigenvalue weighted by atomic mass is 10.2. The van der Waals surface area contributed by atoms with Crippen LogP contribution in [0.25, 0.3) is 0 Å². The number of ether oxygens (including phenoxy) is 1. The van der Waals surface area contributed by atoms with Gasteiger partial charge in [-0.2, -0.15) is 4.98 Å². The second kappa shape index (κ2) is 8.41. The first-order valence-corrected chi connectivity index (χ1v) is 10.2. The van der Waals surface area contributed by atoms with Crippen molar-refractivity contribution in [2.45, 2.75) is 42.4 Å². The van der Waals surface area contributed by atoms with Crippen molar-refractivity contribution in [3.8, 4) is 0 Å². The average Bonchev–Trinajstić information content (AvgIpc) is 3.30. The van der Waals surface area contributed by atoms with Crippen LogP contribution in [0, 0.1) is 0 Å². The Morgan fingerprint density at radius 2 is 2.08 bits per heavy atom. The number of benzene rings is 1. The number of aryl methyl sites for hydroxylation is 1. The third-order valence-electron chi connectivity index (χ3n) is 4.05. The van der Waals surface area contributed by atoms with Gasteiger partial charge in [0.1, 0.15) is 5.75 Å². The topological polar surface area (TPSA) is 111 Å². The zero-order chi connectivity index (χ0) is 18.4. The van der Waals surface area contributed by atoms with E-state index < -0.39 is 9.84 Å². The highest BCUT2D eigenvalue weighted by molar-refractivity contribution is 7.90. The Morgan fingerprint density at radius 1 is 1.27 bits per heavy atom. The van der Waals surface area contributed by atoms with E-state index in [0.29, 0.717) is 6.54 Å². The first kappa shape index (κ1) is 18.5. The lowest BCUT2D eigenvalue weighted by molar-refractivity contribution is -0.121. The molecule has 1 fully saturated rings. The molecule has 1 amide bonds. The van der Waals surface area contributed by atoms with Gasteiger partial charge in [-0.1, -0.05) is 23.4 Å². The molecule has 0 bridgehead atoms. The Kier molecular flexibility index (Phi) is 6.00. The van der Waals surface area contributed by atoms with Crippen LogP contribution in [0.15, 0.2) is 39.8 Å². The summed E-state index contributed by atoms with van der Waals surface area (Å²) in [5, 5.41) is 6.51. The number of amides is 1. The van der Waals surface area contributed by atoms with E-state index in [9.17, 15) is 13.2 Å². The molecule has 0 spiro atoms. The molecule has 0 aliphatic carbocycles. The lowest BCUT2D eigenvalue weighted by Gasteiger charge is -2.09. The summed E-state index contributed by atoms with van der Waals surface area (Å²) in [5.74, 6) is -0.137. The molecule has 0 saturated carbocycles. The number of sulfone groups is 1. The van der Waals surface area contributed by atoms with Crippen molar-refractivity contribution < 1.29 is 22.5 Å². The highest BCUT2D eigenvalue weighted by atomic mass is 32.2. The van der Waals surface area contributed by atoms with Crippen LogP contribution in [-0.2, 0) is 31.5 Å². The monoisotopic (exact) mass is 379 g/mol. The molecule has 1 aliphatic heterocycles. The van der Waals surface area contributed by atoms with Gasteiger partial charge in [0.15, 0.2) is 15.7 Å². The number of carbonyl (C=O) groups excluding carboxylic acids is 1. The van der Waals surface area contributed by atoms with E-state index in [1.54, 1.807) is 18.2 Å². The molecule has 1 aromatic carbocycles. The van der Waals surface area contributed by atoms with Crippen molar-refractivity contribution >= 4 is 15.7 Å². The van der Waals surface area contributed by atoms with Gasteiger partial charge in [-0.15, -0.1) is 0 Å². The zero-order valence-electron chi connectivity index (χ0n) is 14.3. The molecular formula is C17H21N3O5S. The van der Waals surface area contributed by atoms with Crippen LogP contribution in [0.2, 0.25) is 0 Å². The van der Waals surface area contributed by atoms with Gasteiger partial charge in [0.2, 0.25) is 11.8 Å². The molecule has 8 nitrogen and oxygen atoms in total. The summed E-state index contributed by atoms with van der Waals surface area (Å²) in [5.41, 5.74) is 0. The summed E-state index contributed by atoms with van der Waals surface area (Å²) < 4.78 is 35.1. The van der Waals surface area contributed by atoms with E-state index in [2.05, 4.69) is 15.5 Å². The van der Waals surface area contributed by atoms with Crippen LogP contribution in [0.4, 0.5) is 0 Å². The van der Waals surface area contributed by atoms with Crippen molar-refractivity contribution in [1.29, 1.82) is 0 Å². The first-order chi connectivity index (χ1) is 12.5. The third-order valence-corrected chi connectivity index (χ3v) is 5.68. The maximum absolute atomic E-state index is 12.3. The Balaban J connectivity index is 1.47. The number of aromatic nitrogens is 2. The molecule has 9 heteroatoms. The SMILES string of the molecule is O=C(CCc1nc(CS(=O)(=O)c2ccccc2)no1)NC[C@@H]1CCCO1. The molecule has 2 aromatic rings. The van der Waals surface area contributed by atoms with Crippen molar-refractivity contribution in [1.82, 2.24) is 15.5 Å². The van der Waals surface area contributed by atoms with Crippen LogP contribution in [0.1, 0.15) is 31.0 Å². The minimum Gasteiger partial charge on any atom is -0.376 e. The largest absolute Gasteiger partial charge is 0.376 e. The lowest BCUT2D eigenvalue weighted by Crippen LogP contribution is -2.31. The van der Waals surface area contributed by atoms with Gasteiger partial charge in [0.25, 0.3) is 0 Å². The molecule has 1 saturated heterocycles. The molecule has 0 unspecified atom stereocenters. The predicted octanol–water partition coefficient (Wildman–Crippen LogP) is 1.27. The summed E-state index contributed by atoms with van der Waals surface area (Å²) in [6.07, 6.45) is 2.53. The number of hydrogen-bond acceptors (Lipinski definition) is 7. The highest BCUT2D eigenvalue weighted by Crippen LogP contribution is 2.15. The summed E-state index contributed by atoms with van der Waals surface area (Å²) >= 11 is 0. The third kappa shape index (κ3) is 5.12. The summed E-state index contributed by atoms with van der Waals surface area (Å²) in [6, 6.07) is 8.10. The Bertz CT molecular complexity index is 829. The van der Waals surface area contributed by atoms with Crippen molar-refractivity contribution in [2.75, 3.05) is 13.2 Å². The van der Waals surface area contributed by atoms with Crippen LogP contribution in [-0.4, -0.2) is 43.7 Å². The van der Waals surface area contributed by atoms with Crippen molar-refractivity contribution in [3.05, 3.63) is 42.0 Å². The molecule has 1 aromatic heterocycles. The molecule has 140 valence electrons. The normalized spacial score (nSPS) is 17.3. The van der Waals surface area contributed by atoms with Gasteiger partial charge >= 0.3 is 0 Å². The fraction of sp³-hybridized carbons (Fsp3) is 0.471. The van der Waals surface area contributed by atoms with E-state index in [4.69, 9.17) is 9.26 Å². The second-order valence-corrected chi connectivity index (χ2v) is 8.11. The van der Waals surface area contributed by atoms with Gasteiger partial charge in [0.05, 0.1) is 11.0 Å². The Morgan fingerprint density at radius 3 is 2.81 bits per heavy atom. The molecule has 26 heavy (non-hydrogen) atoms. The van der Waals surface area contributed by atoms with Crippen molar-refractivity contribution in [3.63, 3.8) is 0 Å². The molecule has 1 aliphatic rings. The molecular weight excluding hydrogens is 358 g/mol. The standard InChI is InChI=1S/C17H21N3O5S/c21-16(18-11-13-5-4-10-24-13)8-9-17-19-15(20-25-17)12-26(22,23)14-6-2-1-3-7-14/h1-3,6-7,13H,4-5,8-12H2,(H,18,21)/t13-/m0/s1. The minimum atomic E-state index is -3.53. The van der Waals surface area contributed by atoms with Gasteiger partial charge in [-0.25, -0.2) is 8.42 Å². The summed E-state index contributed by atoms with van der Waals surface area (Å²) in [7, 11) is -3.53. The Hall–Kier alpha value is -2.26. The Labute approximate surface area is 151 Å². The fourth-order valence-corrected chi connectivity index (χ4v) is 3.87. The molecule has 3 rings (SSSR count). The summed E-state index contributed by atoms with van der Waals surface area (Å²) in [4.78, 5) is 16.1. The van der Waals surface area contributed by atoms with Crippen LogP contribution >= 0.6 is 0 Å². The van der Waals surface area contributed by atoms with Gasteiger partial charge in [-0.3, -0.25) is 4.79 Å². The highest BCUT2D eigenvalue weighted by Gasteiger charge is 2.20. The number of carbonyl (C=O) groups is 1. The molecule has 1 atom stereocenters. The smallest absolute Gasteiger partial charge is 0.227 e. The molecule has 1 N–H and O–H groups in total.